The molecule has 0 radical (unpaired) electrons. The number of piperazine rings is 1. The van der Waals surface area contributed by atoms with Gasteiger partial charge in [0, 0.05) is 49.9 Å². The number of hydrogen-bond donors (Lipinski definition) is 1. The van der Waals surface area contributed by atoms with E-state index >= 15 is 0 Å². The summed E-state index contributed by atoms with van der Waals surface area (Å²) in [4.78, 5) is 31.0. The molecule has 11 heteroatoms. The summed E-state index contributed by atoms with van der Waals surface area (Å²) in [7, 11) is 0. The summed E-state index contributed by atoms with van der Waals surface area (Å²) in [5.41, 5.74) is 2.56. The summed E-state index contributed by atoms with van der Waals surface area (Å²) in [5.74, 6) is -0.0485. The maximum Gasteiger partial charge on any atom is 0.293 e. The molecule has 0 unspecified atom stereocenters. The van der Waals surface area contributed by atoms with Crippen LogP contribution in [0.25, 0.3) is 22.8 Å². The summed E-state index contributed by atoms with van der Waals surface area (Å²) in [6.45, 7) is 3.09. The van der Waals surface area contributed by atoms with Crippen molar-refractivity contribution in [3.63, 3.8) is 0 Å². The Bertz CT molecular complexity index is 1450. The number of hydrogen-bond acceptors (Lipinski definition) is 9. The first-order chi connectivity index (χ1) is 17.9. The molecule has 10 nitrogen and oxygen atoms in total. The van der Waals surface area contributed by atoms with Crippen LogP contribution >= 0.6 is 0 Å². The second-order valence-corrected chi connectivity index (χ2v) is 8.66. The third-order valence-electron chi connectivity index (χ3n) is 6.29. The van der Waals surface area contributed by atoms with E-state index in [1.54, 1.807) is 24.3 Å². The maximum absolute atomic E-state index is 13.2. The minimum absolute atomic E-state index is 0.0495. The zero-order chi connectivity index (χ0) is 25.9. The second-order valence-electron chi connectivity index (χ2n) is 8.66. The number of carbonyl (C=O) groups excluding carboxylic acids is 1. The molecule has 5 rings (SSSR count). The average Bonchev–Trinajstić information content (AvgIpc) is 3.41. The van der Waals surface area contributed by atoms with E-state index in [2.05, 4.69) is 15.0 Å². The smallest absolute Gasteiger partial charge is 0.293 e. The highest BCUT2D eigenvalue weighted by Crippen LogP contribution is 2.34. The van der Waals surface area contributed by atoms with Crippen LogP contribution in [0.5, 0.6) is 5.75 Å². The van der Waals surface area contributed by atoms with Crippen LogP contribution in [0.3, 0.4) is 0 Å². The van der Waals surface area contributed by atoms with Crippen LogP contribution in [-0.2, 0) is 6.54 Å². The molecular weight excluding hydrogens is 481 g/mol. The number of phenols is 1. The molecule has 1 aliphatic rings. The number of nitro groups is 1. The summed E-state index contributed by atoms with van der Waals surface area (Å²) in [6, 6.07) is 15.4. The predicted octanol–water partition coefficient (Wildman–Crippen LogP) is 4.29. The van der Waals surface area contributed by atoms with Crippen molar-refractivity contribution in [3.8, 4) is 28.6 Å². The lowest BCUT2D eigenvalue weighted by molar-refractivity contribution is -0.384. The molecule has 2 heterocycles. The normalized spacial score (nSPS) is 14.0. The Morgan fingerprint density at radius 3 is 2.46 bits per heavy atom. The highest BCUT2D eigenvalue weighted by molar-refractivity contribution is 5.79. The molecule has 1 saturated heterocycles. The van der Waals surface area contributed by atoms with E-state index in [9.17, 15) is 24.4 Å². The number of aromatic nitrogens is 2. The Morgan fingerprint density at radius 2 is 1.76 bits per heavy atom. The van der Waals surface area contributed by atoms with Gasteiger partial charge in [-0.15, -0.1) is 0 Å². The van der Waals surface area contributed by atoms with Crippen LogP contribution in [0.1, 0.15) is 15.9 Å². The fourth-order valence-corrected chi connectivity index (χ4v) is 4.33. The number of phenolic OH excluding ortho intramolecular Hbond substituents is 1. The fourth-order valence-electron chi connectivity index (χ4n) is 4.33. The van der Waals surface area contributed by atoms with Gasteiger partial charge in [-0.25, -0.2) is 4.39 Å². The Balaban J connectivity index is 1.30. The molecule has 1 N–H and O–H groups in total. The molecule has 3 aromatic carbocycles. The first kappa shape index (κ1) is 24.1. The van der Waals surface area contributed by atoms with Gasteiger partial charge in [0.15, 0.2) is 6.29 Å². The molecule has 1 aromatic heterocycles. The lowest BCUT2D eigenvalue weighted by atomic mass is 10.1. The van der Waals surface area contributed by atoms with Crippen LogP contribution in [0.15, 0.2) is 65.2 Å². The molecule has 0 aliphatic carbocycles. The predicted molar refractivity (Wildman–Crippen MR) is 133 cm³/mol. The zero-order valence-electron chi connectivity index (χ0n) is 19.6. The number of anilines is 1. The Morgan fingerprint density at radius 1 is 1.03 bits per heavy atom. The number of benzene rings is 3. The zero-order valence-corrected chi connectivity index (χ0v) is 19.6. The third-order valence-corrected chi connectivity index (χ3v) is 6.29. The monoisotopic (exact) mass is 503 g/mol. The topological polar surface area (TPSA) is 126 Å². The molecule has 0 spiro atoms. The number of nitro benzene ring substituents is 1. The SMILES string of the molecule is O=Cc1cc(CN2CCN(c3ccc(-c4nc(-c5ccc(F)cc5)no4)cc3[N+](=O)[O-])CC2)ccc1O. The second kappa shape index (κ2) is 10.2. The molecule has 1 fully saturated rings. The van der Waals surface area contributed by atoms with E-state index in [1.165, 1.54) is 36.4 Å². The van der Waals surface area contributed by atoms with Crippen molar-refractivity contribution < 1.29 is 23.7 Å². The quantitative estimate of drug-likeness (QED) is 0.223. The van der Waals surface area contributed by atoms with Crippen LogP contribution in [0.4, 0.5) is 15.8 Å². The Kier molecular flexibility index (Phi) is 6.60. The molecule has 0 atom stereocenters. The lowest BCUT2D eigenvalue weighted by Gasteiger charge is -2.35. The van der Waals surface area contributed by atoms with Gasteiger partial charge in [-0.3, -0.25) is 19.8 Å². The molecule has 188 valence electrons. The largest absolute Gasteiger partial charge is 0.507 e. The Hall–Kier alpha value is -4.64. The molecule has 1 aliphatic heterocycles. The van der Waals surface area contributed by atoms with E-state index in [-0.39, 0.29) is 34.5 Å². The third kappa shape index (κ3) is 5.16. The summed E-state index contributed by atoms with van der Waals surface area (Å²) >= 11 is 0. The van der Waals surface area contributed by atoms with Gasteiger partial charge < -0.3 is 14.5 Å². The first-order valence-corrected chi connectivity index (χ1v) is 11.5. The minimum Gasteiger partial charge on any atom is -0.507 e. The summed E-state index contributed by atoms with van der Waals surface area (Å²) < 4.78 is 18.5. The van der Waals surface area contributed by atoms with Crippen molar-refractivity contribution in [1.29, 1.82) is 0 Å². The maximum atomic E-state index is 13.2. The van der Waals surface area contributed by atoms with Crippen LogP contribution in [0, 0.1) is 15.9 Å². The van der Waals surface area contributed by atoms with Crippen molar-refractivity contribution in [1.82, 2.24) is 15.0 Å². The average molecular weight is 503 g/mol. The fraction of sp³-hybridized carbons (Fsp3) is 0.192. The molecule has 37 heavy (non-hydrogen) atoms. The van der Waals surface area contributed by atoms with Gasteiger partial charge in [0.25, 0.3) is 11.6 Å². The van der Waals surface area contributed by atoms with Crippen molar-refractivity contribution in [2.45, 2.75) is 6.54 Å². The number of nitrogens with zero attached hydrogens (tertiary/aromatic N) is 5. The van der Waals surface area contributed by atoms with Crippen LogP contribution in [0.2, 0.25) is 0 Å². The van der Waals surface area contributed by atoms with E-state index < -0.39 is 4.92 Å². The summed E-state index contributed by atoms with van der Waals surface area (Å²) in [6.07, 6.45) is 0.622. The highest BCUT2D eigenvalue weighted by Gasteiger charge is 2.25. The number of halogens is 1. The molecule has 0 amide bonds. The minimum atomic E-state index is -0.431. The van der Waals surface area contributed by atoms with Crippen LogP contribution in [-0.4, -0.2) is 57.5 Å². The van der Waals surface area contributed by atoms with E-state index in [0.29, 0.717) is 55.8 Å². The van der Waals surface area contributed by atoms with Gasteiger partial charge in [-0.05, 0) is 54.1 Å². The van der Waals surface area contributed by atoms with Crippen LogP contribution < -0.4 is 4.90 Å². The van der Waals surface area contributed by atoms with Gasteiger partial charge in [0.1, 0.15) is 17.3 Å². The summed E-state index contributed by atoms with van der Waals surface area (Å²) in [5, 5.41) is 25.5. The molecular formula is C26H22FN5O5. The Labute approximate surface area is 210 Å². The standard InChI is InChI=1S/C26H22FN5O5/c27-21-5-2-18(3-6-21)25-28-26(37-29-25)19-4-7-22(23(14-19)32(35)36)31-11-9-30(10-12-31)15-17-1-8-24(34)20(13-17)16-33/h1-8,13-14,16,34H,9-12,15H2. The molecule has 0 saturated carbocycles. The van der Waals surface area contributed by atoms with E-state index in [0.717, 1.165) is 5.56 Å². The lowest BCUT2D eigenvalue weighted by Crippen LogP contribution is -2.46. The van der Waals surface area contributed by atoms with Gasteiger partial charge in [-0.2, -0.15) is 4.98 Å². The van der Waals surface area contributed by atoms with Crippen molar-refractivity contribution >= 4 is 17.7 Å². The highest BCUT2D eigenvalue weighted by atomic mass is 19.1. The van der Waals surface area contributed by atoms with Gasteiger partial charge in [0.2, 0.25) is 5.82 Å². The first-order valence-electron chi connectivity index (χ1n) is 11.5. The number of rotatable bonds is 7. The molecule has 4 aromatic rings. The number of aldehydes is 1. The van der Waals surface area contributed by atoms with Gasteiger partial charge >= 0.3 is 0 Å². The van der Waals surface area contributed by atoms with Crippen molar-refractivity contribution in [2.24, 2.45) is 0 Å². The number of carbonyl (C=O) groups is 1. The molecule has 0 bridgehead atoms. The van der Waals surface area contributed by atoms with E-state index in [1.807, 2.05) is 4.90 Å². The van der Waals surface area contributed by atoms with Crippen molar-refractivity contribution in [3.05, 3.63) is 87.7 Å². The van der Waals surface area contributed by atoms with Crippen molar-refractivity contribution in [2.75, 3.05) is 31.1 Å². The van der Waals surface area contributed by atoms with E-state index in [4.69, 9.17) is 4.52 Å². The van der Waals surface area contributed by atoms with Gasteiger partial charge in [-0.1, -0.05) is 11.2 Å². The number of aromatic hydroxyl groups is 1. The van der Waals surface area contributed by atoms with Gasteiger partial charge in [0.05, 0.1) is 10.5 Å².